The van der Waals surface area contributed by atoms with Crippen LogP contribution in [0.1, 0.15) is 233 Å². The third kappa shape index (κ3) is 59.7. The molecule has 0 aliphatic rings. The Morgan fingerprint density at radius 2 is 0.727 bits per heavy atom. The molecule has 10 heteroatoms. The van der Waals surface area contributed by atoms with Gasteiger partial charge in [-0.05, 0) is 96.3 Å². The van der Waals surface area contributed by atoms with Crippen LogP contribution in [0.15, 0.2) is 75.3 Å². The molecule has 0 aliphatic heterocycles. The molecular formula is C56H106O10. The summed E-state index contributed by atoms with van der Waals surface area (Å²) < 4.78 is 0. The van der Waals surface area contributed by atoms with Crippen molar-refractivity contribution < 1.29 is 49.3 Å². The predicted octanol–water partition coefficient (Wildman–Crippen LogP) is 16.5. The highest BCUT2D eigenvalue weighted by Crippen LogP contribution is 2.16. The molecule has 0 saturated carbocycles. The molecule has 2 N–H and O–H groups in total. The summed E-state index contributed by atoms with van der Waals surface area (Å²) in [6.07, 6.45) is 45.1. The first-order valence-corrected chi connectivity index (χ1v) is 26.5. The highest BCUT2D eigenvalue weighted by Gasteiger charge is 2.11. The van der Waals surface area contributed by atoms with Crippen LogP contribution in [0.5, 0.6) is 0 Å². The van der Waals surface area contributed by atoms with Crippen LogP contribution in [-0.2, 0) is 39.1 Å². The summed E-state index contributed by atoms with van der Waals surface area (Å²) in [5.74, 6) is 1.33. The number of unbranched alkanes of at least 4 members (excludes halogenated alkanes) is 24. The van der Waals surface area contributed by atoms with Gasteiger partial charge in [0.1, 0.15) is 36.9 Å². The van der Waals surface area contributed by atoms with Crippen LogP contribution in [-0.4, -0.2) is 61.6 Å². The number of rotatable bonds is 52. The first-order chi connectivity index (χ1) is 32.3. The standard InChI is InChI=1S/C26H48O4.C15H28O3.C15H30O3/c1-5-8-10-12-14-15-17-19-21-23-27-28-24-26(7-3)30-29-25(4)22-20-18-16-13-11-9-6-2;1-4-6-7-8-9-10-11-12-14(3)17-18-15(5-2)13-16;1-3-5-6-7-8-9-10-11-12-13-17-18-14-15(16)4-2/h5-6,26H,1-2,4,7-24H2,3H3;4,15-16H,1,3,5-13H2,2H3;3,15-16H,1,4-14H2,2H3. The lowest BCUT2D eigenvalue weighted by molar-refractivity contribution is -0.353. The molecule has 0 saturated heterocycles. The number of aliphatic hydroxyl groups is 2. The van der Waals surface area contributed by atoms with Crippen molar-refractivity contribution in [2.45, 2.75) is 251 Å². The average molecular weight is 939 g/mol. The van der Waals surface area contributed by atoms with Gasteiger partial charge in [0.05, 0.1) is 25.9 Å². The second-order valence-corrected chi connectivity index (χ2v) is 17.2. The molecular weight excluding hydrogens is 833 g/mol. The monoisotopic (exact) mass is 939 g/mol. The zero-order valence-corrected chi connectivity index (χ0v) is 43.3. The fourth-order valence-corrected chi connectivity index (χ4v) is 6.23. The molecule has 0 spiro atoms. The molecule has 0 radical (unpaired) electrons. The van der Waals surface area contributed by atoms with E-state index in [1.165, 1.54) is 128 Å². The molecule has 3 unspecified atom stereocenters. The van der Waals surface area contributed by atoms with Gasteiger partial charge in [0.15, 0.2) is 0 Å². The van der Waals surface area contributed by atoms with Gasteiger partial charge in [0.25, 0.3) is 0 Å². The lowest BCUT2D eigenvalue weighted by Gasteiger charge is -2.15. The number of hydrogen-bond donors (Lipinski definition) is 2. The highest BCUT2D eigenvalue weighted by atomic mass is 17.2. The summed E-state index contributed by atoms with van der Waals surface area (Å²) in [5.41, 5.74) is 0. The predicted molar refractivity (Wildman–Crippen MR) is 277 cm³/mol. The van der Waals surface area contributed by atoms with E-state index in [4.69, 9.17) is 44.2 Å². The first-order valence-electron chi connectivity index (χ1n) is 26.5. The van der Waals surface area contributed by atoms with Crippen molar-refractivity contribution in [3.05, 3.63) is 75.3 Å². The fraction of sp³-hybridized carbons (Fsp3) is 0.786. The van der Waals surface area contributed by atoms with E-state index in [0.717, 1.165) is 77.0 Å². The Morgan fingerprint density at radius 1 is 0.409 bits per heavy atom. The third-order valence-electron chi connectivity index (χ3n) is 10.9. The van der Waals surface area contributed by atoms with Crippen LogP contribution in [0.3, 0.4) is 0 Å². The Balaban J connectivity index is -0.000000954. The Morgan fingerprint density at radius 3 is 1.06 bits per heavy atom. The van der Waals surface area contributed by atoms with Crippen LogP contribution in [0.4, 0.5) is 0 Å². The topological polar surface area (TPSA) is 114 Å². The number of hydrogen-bond acceptors (Lipinski definition) is 10. The zero-order chi connectivity index (χ0) is 49.2. The van der Waals surface area contributed by atoms with E-state index < -0.39 is 6.10 Å². The van der Waals surface area contributed by atoms with Gasteiger partial charge in [-0.1, -0.05) is 161 Å². The van der Waals surface area contributed by atoms with Gasteiger partial charge in [-0.15, -0.1) is 26.3 Å². The average Bonchev–Trinajstić information content (AvgIpc) is 3.33. The van der Waals surface area contributed by atoms with Gasteiger partial charge in [-0.3, -0.25) is 0 Å². The van der Waals surface area contributed by atoms with E-state index >= 15 is 0 Å². The van der Waals surface area contributed by atoms with Gasteiger partial charge < -0.3 is 20.0 Å². The summed E-state index contributed by atoms with van der Waals surface area (Å²) in [5, 5.41) is 18.1. The normalized spacial score (nSPS) is 12.1. The highest BCUT2D eigenvalue weighted by molar-refractivity contribution is 4.81. The Hall–Kier alpha value is -2.28. The van der Waals surface area contributed by atoms with Crippen molar-refractivity contribution in [1.82, 2.24) is 0 Å². The van der Waals surface area contributed by atoms with Crippen LogP contribution >= 0.6 is 0 Å². The molecule has 0 aromatic rings. The van der Waals surface area contributed by atoms with Crippen molar-refractivity contribution in [3.8, 4) is 0 Å². The summed E-state index contributed by atoms with van der Waals surface area (Å²) in [6, 6.07) is 0. The minimum atomic E-state index is -0.402. The quantitative estimate of drug-likeness (QED) is 0.0201. The van der Waals surface area contributed by atoms with E-state index in [-0.39, 0.29) is 25.4 Å². The molecule has 0 fully saturated rings. The van der Waals surface area contributed by atoms with E-state index in [9.17, 15) is 5.11 Å². The van der Waals surface area contributed by atoms with Gasteiger partial charge >= 0.3 is 0 Å². The maximum atomic E-state index is 9.21. The van der Waals surface area contributed by atoms with E-state index in [2.05, 4.69) is 39.5 Å². The SMILES string of the molecule is C=CCCCCCCCC(=C)OOC(CC)CO.C=CCCCCCCCCCOOCC(CC)OOC(=C)CCCCCCCC=C.C=CCCCCCCCCCOOCC(O)CC. The summed E-state index contributed by atoms with van der Waals surface area (Å²) in [6.45, 7) is 30.5. The second kappa shape index (κ2) is 60.7. The molecule has 0 bridgehead atoms. The maximum absolute atomic E-state index is 9.21. The summed E-state index contributed by atoms with van der Waals surface area (Å²) in [4.78, 5) is 41.4. The second-order valence-electron chi connectivity index (χ2n) is 17.2. The minimum absolute atomic E-state index is 0.0208. The van der Waals surface area contributed by atoms with Crippen molar-refractivity contribution in [1.29, 1.82) is 0 Å². The van der Waals surface area contributed by atoms with Crippen LogP contribution in [0.2, 0.25) is 0 Å². The smallest absolute Gasteiger partial charge is 0.135 e. The zero-order valence-electron chi connectivity index (χ0n) is 43.3. The lowest BCUT2D eigenvalue weighted by atomic mass is 10.1. The Kier molecular flexibility index (Phi) is 62.6. The van der Waals surface area contributed by atoms with Crippen LogP contribution in [0.25, 0.3) is 0 Å². The van der Waals surface area contributed by atoms with Crippen molar-refractivity contribution in [2.24, 2.45) is 0 Å². The van der Waals surface area contributed by atoms with Crippen molar-refractivity contribution >= 4 is 0 Å². The van der Waals surface area contributed by atoms with Gasteiger partial charge in [0.2, 0.25) is 0 Å². The molecule has 0 heterocycles. The molecule has 3 atom stereocenters. The summed E-state index contributed by atoms with van der Waals surface area (Å²) >= 11 is 0. The Labute approximate surface area is 407 Å². The van der Waals surface area contributed by atoms with E-state index in [1.807, 2.05) is 45.1 Å². The molecule has 10 nitrogen and oxygen atoms in total. The first kappa shape index (κ1) is 68.0. The third-order valence-corrected chi connectivity index (χ3v) is 10.9. The van der Waals surface area contributed by atoms with E-state index in [0.29, 0.717) is 37.8 Å². The summed E-state index contributed by atoms with van der Waals surface area (Å²) in [7, 11) is 0. The number of allylic oxidation sites excluding steroid dienone is 6. The molecule has 0 aliphatic carbocycles. The maximum Gasteiger partial charge on any atom is 0.135 e. The Bertz CT molecular complexity index is 1020. The van der Waals surface area contributed by atoms with E-state index in [1.54, 1.807) is 0 Å². The van der Waals surface area contributed by atoms with Gasteiger partial charge in [-0.2, -0.15) is 9.78 Å². The molecule has 0 aromatic heterocycles. The molecule has 390 valence electrons. The van der Waals surface area contributed by atoms with Crippen molar-refractivity contribution in [2.75, 3.05) is 33.0 Å². The largest absolute Gasteiger partial charge is 0.394 e. The fourth-order valence-electron chi connectivity index (χ4n) is 6.23. The van der Waals surface area contributed by atoms with Gasteiger partial charge in [0, 0.05) is 12.8 Å². The van der Waals surface area contributed by atoms with Crippen LogP contribution < -0.4 is 0 Å². The lowest BCUT2D eigenvalue weighted by Crippen LogP contribution is -2.19. The molecule has 0 amide bonds. The molecule has 0 aromatic carbocycles. The number of aliphatic hydroxyl groups excluding tert-OH is 2. The molecule has 66 heavy (non-hydrogen) atoms. The van der Waals surface area contributed by atoms with Crippen molar-refractivity contribution in [3.63, 3.8) is 0 Å². The molecule has 0 rings (SSSR count). The minimum Gasteiger partial charge on any atom is -0.394 e. The van der Waals surface area contributed by atoms with Crippen LogP contribution in [0, 0.1) is 0 Å². The van der Waals surface area contributed by atoms with Gasteiger partial charge in [-0.25, -0.2) is 19.6 Å².